The van der Waals surface area contributed by atoms with Crippen molar-refractivity contribution in [2.75, 3.05) is 6.61 Å². The normalized spacial score (nSPS) is 23.5. The first-order chi connectivity index (χ1) is 8.17. The maximum Gasteiger partial charge on any atom is 0.272 e. The molecule has 1 amide bonds. The van der Waals surface area contributed by atoms with E-state index in [4.69, 9.17) is 22.0 Å². The van der Waals surface area contributed by atoms with Crippen molar-refractivity contribution in [2.45, 2.75) is 25.2 Å². The van der Waals surface area contributed by atoms with E-state index in [1.54, 1.807) is 0 Å². The molecule has 90 valence electrons. The second kappa shape index (κ2) is 4.53. The van der Waals surface area contributed by atoms with Crippen molar-refractivity contribution in [1.29, 1.82) is 0 Å². The molecule has 1 aromatic rings. The zero-order chi connectivity index (χ0) is 12.4. The number of nitrogens with two attached hydrogens (primary N) is 1. The fourth-order valence-electron chi connectivity index (χ4n) is 1.80. The standard InChI is InChI=1S/C10H12N4O3/c1-2-7-9(10(11)16)12-13-14(7)8-4-3-6(5-15)17-8/h1,6,8,15H,3-5H2,(H2,11,16)/t6-,8+/m0/s1. The summed E-state index contributed by atoms with van der Waals surface area (Å²) in [4.78, 5) is 11.1. The Morgan fingerprint density at radius 3 is 3.00 bits per heavy atom. The van der Waals surface area contributed by atoms with Crippen molar-refractivity contribution in [3.8, 4) is 12.3 Å². The maximum atomic E-state index is 11.1. The van der Waals surface area contributed by atoms with Crippen molar-refractivity contribution >= 4 is 5.91 Å². The summed E-state index contributed by atoms with van der Waals surface area (Å²) in [5.41, 5.74) is 5.30. The number of amides is 1. The van der Waals surface area contributed by atoms with Gasteiger partial charge in [-0.3, -0.25) is 4.79 Å². The molecule has 7 heteroatoms. The Morgan fingerprint density at radius 2 is 2.47 bits per heavy atom. The fraction of sp³-hybridized carbons (Fsp3) is 0.500. The van der Waals surface area contributed by atoms with E-state index in [9.17, 15) is 4.79 Å². The Bertz CT molecular complexity index is 476. The molecule has 0 saturated carbocycles. The van der Waals surface area contributed by atoms with Gasteiger partial charge in [-0.1, -0.05) is 5.21 Å². The van der Waals surface area contributed by atoms with Crippen molar-refractivity contribution in [3.63, 3.8) is 0 Å². The van der Waals surface area contributed by atoms with Crippen molar-refractivity contribution < 1.29 is 14.6 Å². The topological polar surface area (TPSA) is 103 Å². The van der Waals surface area contributed by atoms with Crippen LogP contribution in [0, 0.1) is 12.3 Å². The third-order valence-corrected chi connectivity index (χ3v) is 2.63. The second-order valence-electron chi connectivity index (χ2n) is 3.71. The predicted molar refractivity (Wildman–Crippen MR) is 56.7 cm³/mol. The van der Waals surface area contributed by atoms with E-state index in [2.05, 4.69) is 16.2 Å². The summed E-state index contributed by atoms with van der Waals surface area (Å²) >= 11 is 0. The monoisotopic (exact) mass is 236 g/mol. The summed E-state index contributed by atoms with van der Waals surface area (Å²) in [7, 11) is 0. The summed E-state index contributed by atoms with van der Waals surface area (Å²) in [6.45, 7) is -0.0563. The minimum absolute atomic E-state index is 0.0384. The van der Waals surface area contributed by atoms with Crippen LogP contribution in [0.3, 0.4) is 0 Å². The Morgan fingerprint density at radius 1 is 1.71 bits per heavy atom. The lowest BCUT2D eigenvalue weighted by Gasteiger charge is -2.12. The zero-order valence-corrected chi connectivity index (χ0v) is 9.04. The molecular formula is C10H12N4O3. The van der Waals surface area contributed by atoms with Gasteiger partial charge in [-0.2, -0.15) is 0 Å². The van der Waals surface area contributed by atoms with Crippen LogP contribution >= 0.6 is 0 Å². The average Bonchev–Trinajstić information content (AvgIpc) is 2.94. The number of carbonyl (C=O) groups is 1. The number of nitrogens with zero attached hydrogens (tertiary/aromatic N) is 3. The summed E-state index contributed by atoms with van der Waals surface area (Å²) in [5, 5.41) is 16.4. The molecule has 0 radical (unpaired) electrons. The minimum Gasteiger partial charge on any atom is -0.394 e. The Kier molecular flexibility index (Phi) is 3.08. The first-order valence-corrected chi connectivity index (χ1v) is 5.15. The number of hydrogen-bond acceptors (Lipinski definition) is 5. The van der Waals surface area contributed by atoms with Gasteiger partial charge in [0.15, 0.2) is 11.9 Å². The highest BCUT2D eigenvalue weighted by Gasteiger charge is 2.30. The third-order valence-electron chi connectivity index (χ3n) is 2.63. The van der Waals surface area contributed by atoms with Gasteiger partial charge < -0.3 is 15.6 Å². The molecule has 1 aromatic heterocycles. The second-order valence-corrected chi connectivity index (χ2v) is 3.71. The number of primary amides is 1. The van der Waals surface area contributed by atoms with Crippen LogP contribution in [0.25, 0.3) is 0 Å². The average molecular weight is 236 g/mol. The van der Waals surface area contributed by atoms with Gasteiger partial charge in [0.1, 0.15) is 5.69 Å². The van der Waals surface area contributed by atoms with Gasteiger partial charge in [-0.15, -0.1) is 11.5 Å². The predicted octanol–water partition coefficient (Wildman–Crippen LogP) is -0.972. The number of ether oxygens (including phenoxy) is 1. The number of hydrogen-bond donors (Lipinski definition) is 2. The summed E-state index contributed by atoms with van der Waals surface area (Å²) < 4.78 is 6.85. The molecule has 0 aliphatic carbocycles. The first-order valence-electron chi connectivity index (χ1n) is 5.15. The van der Waals surface area contributed by atoms with Crippen LogP contribution in [-0.2, 0) is 4.74 Å². The molecular weight excluding hydrogens is 224 g/mol. The molecule has 0 bridgehead atoms. The van der Waals surface area contributed by atoms with Crippen LogP contribution in [0.1, 0.15) is 35.3 Å². The molecule has 2 rings (SSSR count). The smallest absolute Gasteiger partial charge is 0.272 e. The molecule has 1 saturated heterocycles. The Labute approximate surface area is 97.5 Å². The summed E-state index contributed by atoms with van der Waals surface area (Å²) in [6.07, 6.45) is 6.03. The van der Waals surface area contributed by atoms with Crippen molar-refractivity contribution in [2.24, 2.45) is 5.73 Å². The molecule has 0 aromatic carbocycles. The highest BCUT2D eigenvalue weighted by Crippen LogP contribution is 2.28. The van der Waals surface area contributed by atoms with E-state index < -0.39 is 12.1 Å². The number of aliphatic hydroxyl groups is 1. The highest BCUT2D eigenvalue weighted by molar-refractivity contribution is 5.92. The quantitative estimate of drug-likeness (QED) is 0.657. The third kappa shape index (κ3) is 2.00. The van der Waals surface area contributed by atoms with Crippen LogP contribution in [0.2, 0.25) is 0 Å². The maximum absolute atomic E-state index is 11.1. The zero-order valence-electron chi connectivity index (χ0n) is 9.04. The van der Waals surface area contributed by atoms with Crippen molar-refractivity contribution in [3.05, 3.63) is 11.4 Å². The van der Waals surface area contributed by atoms with E-state index in [1.807, 2.05) is 0 Å². The lowest BCUT2D eigenvalue weighted by Crippen LogP contribution is -2.18. The number of terminal acetylenes is 1. The molecule has 17 heavy (non-hydrogen) atoms. The number of aliphatic hydroxyl groups excluding tert-OH is 1. The molecule has 3 N–H and O–H groups in total. The largest absolute Gasteiger partial charge is 0.394 e. The van der Waals surface area contributed by atoms with Crippen LogP contribution in [-0.4, -0.2) is 38.7 Å². The van der Waals surface area contributed by atoms with Gasteiger partial charge in [0.05, 0.1) is 12.7 Å². The van der Waals surface area contributed by atoms with Gasteiger partial charge in [0.25, 0.3) is 5.91 Å². The van der Waals surface area contributed by atoms with Gasteiger partial charge in [-0.25, -0.2) is 4.68 Å². The molecule has 7 nitrogen and oxygen atoms in total. The summed E-state index contributed by atoms with van der Waals surface area (Å²) in [6, 6.07) is 0. The van der Waals surface area contributed by atoms with Crippen LogP contribution < -0.4 is 5.73 Å². The molecule has 0 unspecified atom stereocenters. The Hall–Kier alpha value is -1.91. The van der Waals surface area contributed by atoms with Gasteiger partial charge in [0.2, 0.25) is 0 Å². The van der Waals surface area contributed by atoms with Crippen LogP contribution in [0.15, 0.2) is 0 Å². The Balaban J connectivity index is 2.28. The molecule has 1 aliphatic heterocycles. The van der Waals surface area contributed by atoms with Crippen molar-refractivity contribution in [1.82, 2.24) is 15.0 Å². The first kappa shape index (κ1) is 11.6. The molecule has 1 fully saturated rings. The number of carbonyl (C=O) groups excluding carboxylic acids is 1. The van der Waals surface area contributed by atoms with Crippen LogP contribution in [0.5, 0.6) is 0 Å². The molecule has 2 atom stereocenters. The minimum atomic E-state index is -0.721. The van der Waals surface area contributed by atoms with Crippen LogP contribution in [0.4, 0.5) is 0 Å². The van der Waals surface area contributed by atoms with E-state index in [0.29, 0.717) is 12.8 Å². The van der Waals surface area contributed by atoms with Gasteiger partial charge in [-0.05, 0) is 18.8 Å². The lowest BCUT2D eigenvalue weighted by atomic mass is 10.2. The van der Waals surface area contributed by atoms with E-state index in [1.165, 1.54) is 4.68 Å². The lowest BCUT2D eigenvalue weighted by molar-refractivity contribution is -0.0293. The van der Waals surface area contributed by atoms with E-state index in [-0.39, 0.29) is 24.1 Å². The number of aromatic nitrogens is 3. The SMILES string of the molecule is C#Cc1c(C(N)=O)nnn1[C@H]1CC[C@@H](CO)O1. The van der Waals surface area contributed by atoms with E-state index >= 15 is 0 Å². The van der Waals surface area contributed by atoms with Gasteiger partial charge >= 0.3 is 0 Å². The summed E-state index contributed by atoms with van der Waals surface area (Å²) in [5.74, 6) is 1.61. The molecule has 1 aliphatic rings. The number of rotatable bonds is 3. The fourth-order valence-corrected chi connectivity index (χ4v) is 1.80. The molecule has 0 spiro atoms. The van der Waals surface area contributed by atoms with E-state index in [0.717, 1.165) is 0 Å². The van der Waals surface area contributed by atoms with Gasteiger partial charge in [0, 0.05) is 0 Å². The highest BCUT2D eigenvalue weighted by atomic mass is 16.5. The molecule has 2 heterocycles.